The zero-order valence-corrected chi connectivity index (χ0v) is 29.1. The van der Waals surface area contributed by atoms with E-state index in [0.29, 0.717) is 38.1 Å². The van der Waals surface area contributed by atoms with Crippen molar-refractivity contribution in [3.63, 3.8) is 0 Å². The first-order chi connectivity index (χ1) is 23.6. The second kappa shape index (κ2) is 16.4. The molecule has 2 aliphatic heterocycles. The monoisotopic (exact) mass is 699 g/mol. The molecule has 0 unspecified atom stereocenters. The van der Waals surface area contributed by atoms with Crippen LogP contribution in [0.1, 0.15) is 51.7 Å². The van der Waals surface area contributed by atoms with Crippen LogP contribution in [0.15, 0.2) is 42.5 Å². The van der Waals surface area contributed by atoms with Crippen molar-refractivity contribution in [1.29, 1.82) is 0 Å². The first-order valence-corrected chi connectivity index (χ1v) is 16.8. The smallest absolute Gasteiger partial charge is 0.258 e. The fourth-order valence-corrected chi connectivity index (χ4v) is 6.31. The predicted octanol–water partition coefficient (Wildman–Crippen LogP) is 1.72. The second-order valence-electron chi connectivity index (χ2n) is 13.8. The minimum atomic E-state index is -1.35. The summed E-state index contributed by atoms with van der Waals surface area (Å²) in [5, 5.41) is 18.6. The lowest BCUT2D eigenvalue weighted by atomic mass is 9.73. The highest BCUT2D eigenvalue weighted by atomic mass is 19.1. The second-order valence-corrected chi connectivity index (χ2v) is 13.8. The molecule has 4 atom stereocenters. The molecule has 1 fully saturated rings. The van der Waals surface area contributed by atoms with Gasteiger partial charge in [0.05, 0.1) is 12.5 Å². The number of rotatable bonds is 4. The lowest BCUT2D eigenvalue weighted by Gasteiger charge is -2.42. The van der Waals surface area contributed by atoms with Crippen LogP contribution in [-0.2, 0) is 36.8 Å². The molecular weight excluding hydrogens is 652 g/mol. The maximum absolute atomic E-state index is 14.3. The first kappa shape index (κ1) is 38.2. The standard InChI is InChI=1S/C36H47F2N5O7/c1-21(2)31-34(48)39-20-36(11-13-43(14-12-36)30(46)17-25-16-26(37)9-10-28(25)38)18-24-7-6-8-27(15-24)50-19-29(45)40-32(23(4)44)35(49)42(5)22(3)33(47)41-31/h6-10,15-16,21-23,31-32,44H,11-14,17-20H2,1-5H3,(H,39,48)(H,40,45)(H,41,47)/t22-,23+,31+,32-/m0/s1. The molecule has 4 rings (SSSR count). The maximum Gasteiger partial charge on any atom is 0.258 e. The van der Waals surface area contributed by atoms with Crippen LogP contribution in [0.25, 0.3) is 0 Å². The summed E-state index contributed by atoms with van der Waals surface area (Å²) in [5.74, 6) is -3.92. The molecule has 2 bridgehead atoms. The number of likely N-dealkylation sites (N-methyl/N-ethyl adjacent to an activating group) is 1. The molecule has 4 N–H and O–H groups in total. The van der Waals surface area contributed by atoms with Crippen LogP contribution in [0.2, 0.25) is 0 Å². The number of ether oxygens (including phenoxy) is 1. The van der Waals surface area contributed by atoms with Crippen LogP contribution in [0.3, 0.4) is 0 Å². The van der Waals surface area contributed by atoms with E-state index in [1.807, 2.05) is 6.07 Å². The van der Waals surface area contributed by atoms with Gasteiger partial charge in [0.1, 0.15) is 35.5 Å². The van der Waals surface area contributed by atoms with Crippen molar-refractivity contribution in [2.24, 2.45) is 11.3 Å². The highest BCUT2D eigenvalue weighted by molar-refractivity contribution is 5.94. The number of hydrogen-bond donors (Lipinski definition) is 4. The Morgan fingerprint density at radius 1 is 1.00 bits per heavy atom. The summed E-state index contributed by atoms with van der Waals surface area (Å²) in [6.07, 6.45) is -0.150. The van der Waals surface area contributed by atoms with E-state index in [-0.39, 0.29) is 30.4 Å². The third-order valence-corrected chi connectivity index (χ3v) is 9.63. The number of nitrogens with zero attached hydrogens (tertiary/aromatic N) is 2. The van der Waals surface area contributed by atoms with Crippen LogP contribution in [-0.4, -0.2) is 102 Å². The van der Waals surface area contributed by atoms with Crippen molar-refractivity contribution in [2.45, 2.75) is 77.6 Å². The van der Waals surface area contributed by atoms with Crippen molar-refractivity contribution in [1.82, 2.24) is 25.8 Å². The van der Waals surface area contributed by atoms with Crippen LogP contribution >= 0.6 is 0 Å². The first-order valence-electron chi connectivity index (χ1n) is 16.8. The topological polar surface area (TPSA) is 157 Å². The molecule has 12 nitrogen and oxygen atoms in total. The highest BCUT2D eigenvalue weighted by Gasteiger charge is 2.39. The fraction of sp³-hybridized carbons (Fsp3) is 0.528. The minimum absolute atomic E-state index is 0.0204. The van der Waals surface area contributed by atoms with Crippen molar-refractivity contribution in [3.05, 3.63) is 65.2 Å². The van der Waals surface area contributed by atoms with E-state index in [9.17, 15) is 37.9 Å². The van der Waals surface area contributed by atoms with E-state index < -0.39 is 71.5 Å². The predicted molar refractivity (Wildman–Crippen MR) is 180 cm³/mol. The number of halogens is 2. The Morgan fingerprint density at radius 3 is 2.36 bits per heavy atom. The molecule has 0 aromatic heterocycles. The molecule has 2 aromatic rings. The Bertz CT molecular complexity index is 1580. The van der Waals surface area contributed by atoms with Crippen molar-refractivity contribution in [3.8, 4) is 5.75 Å². The van der Waals surface area contributed by atoms with Gasteiger partial charge >= 0.3 is 0 Å². The lowest BCUT2D eigenvalue weighted by Crippen LogP contribution is -2.59. The molecule has 2 heterocycles. The van der Waals surface area contributed by atoms with Crippen molar-refractivity contribution >= 4 is 29.5 Å². The van der Waals surface area contributed by atoms with E-state index in [1.54, 1.807) is 36.9 Å². The number of hydrogen-bond acceptors (Lipinski definition) is 7. The van der Waals surface area contributed by atoms with E-state index >= 15 is 0 Å². The van der Waals surface area contributed by atoms with Crippen LogP contribution in [0.4, 0.5) is 8.78 Å². The molecule has 14 heteroatoms. The van der Waals surface area contributed by atoms with E-state index in [2.05, 4.69) is 16.0 Å². The Balaban J connectivity index is 1.60. The molecule has 0 radical (unpaired) electrons. The van der Waals surface area contributed by atoms with Gasteiger partial charge < -0.3 is 35.6 Å². The number of aliphatic hydroxyl groups is 1. The average Bonchev–Trinajstić information content (AvgIpc) is 3.08. The molecular formula is C36H47F2N5O7. The number of likely N-dealkylation sites (tertiary alicyclic amines) is 1. The third kappa shape index (κ3) is 9.55. The Hall–Kier alpha value is -4.59. The number of carbonyl (C=O) groups excluding carboxylic acids is 5. The number of amides is 5. The zero-order chi connectivity index (χ0) is 36.7. The Labute approximate surface area is 290 Å². The minimum Gasteiger partial charge on any atom is -0.484 e. The SMILES string of the molecule is CC(C)[C@H]1NC(=O)[C@H](C)N(C)C(=O)[C@H]([C@@H](C)O)NC(=O)COc2cccc(c2)CC2(CCN(C(=O)Cc3cc(F)ccc3F)CC2)CNC1=O. The van der Waals surface area contributed by atoms with Gasteiger partial charge in [-0.1, -0.05) is 26.0 Å². The maximum atomic E-state index is 14.3. The fourth-order valence-electron chi connectivity index (χ4n) is 6.31. The number of piperidine rings is 1. The van der Waals surface area contributed by atoms with Crippen LogP contribution in [0.5, 0.6) is 5.75 Å². The van der Waals surface area contributed by atoms with Crippen LogP contribution in [0, 0.1) is 23.0 Å². The van der Waals surface area contributed by atoms with Crippen LogP contribution < -0.4 is 20.7 Å². The number of nitrogens with one attached hydrogen (secondary N) is 3. The summed E-state index contributed by atoms with van der Waals surface area (Å²) >= 11 is 0. The highest BCUT2D eigenvalue weighted by Crippen LogP contribution is 2.36. The van der Waals surface area contributed by atoms with Gasteiger partial charge in [-0.25, -0.2) is 8.78 Å². The summed E-state index contributed by atoms with van der Waals surface area (Å²) in [6.45, 7) is 6.79. The van der Waals surface area contributed by atoms with Crippen molar-refractivity contribution in [2.75, 3.05) is 33.3 Å². The molecule has 1 saturated heterocycles. The Morgan fingerprint density at radius 2 is 1.70 bits per heavy atom. The lowest BCUT2D eigenvalue weighted by molar-refractivity contribution is -0.144. The molecule has 5 amide bonds. The summed E-state index contributed by atoms with van der Waals surface area (Å²) in [7, 11) is 1.37. The van der Waals surface area contributed by atoms with E-state index in [4.69, 9.17) is 4.74 Å². The molecule has 272 valence electrons. The zero-order valence-electron chi connectivity index (χ0n) is 29.1. The van der Waals surface area contributed by atoms with E-state index in [0.717, 1.165) is 28.7 Å². The average molecular weight is 700 g/mol. The largest absolute Gasteiger partial charge is 0.484 e. The molecule has 2 aliphatic rings. The van der Waals surface area contributed by atoms with Gasteiger partial charge in [-0.2, -0.15) is 0 Å². The molecule has 0 saturated carbocycles. The van der Waals surface area contributed by atoms with Gasteiger partial charge in [-0.05, 0) is 80.3 Å². The van der Waals surface area contributed by atoms with Gasteiger partial charge in [-0.3, -0.25) is 24.0 Å². The van der Waals surface area contributed by atoms with Gasteiger partial charge in [0.2, 0.25) is 23.6 Å². The summed E-state index contributed by atoms with van der Waals surface area (Å²) in [4.78, 5) is 69.0. The molecule has 0 aliphatic carbocycles. The summed E-state index contributed by atoms with van der Waals surface area (Å²) in [5.41, 5.74) is 0.289. The number of aliphatic hydroxyl groups excluding tert-OH is 1. The summed E-state index contributed by atoms with van der Waals surface area (Å²) in [6, 6.07) is 6.78. The van der Waals surface area contributed by atoms with Crippen molar-refractivity contribution < 1.29 is 42.6 Å². The number of fused-ring (bicyclic) bond motifs is 2. The molecule has 50 heavy (non-hydrogen) atoms. The third-order valence-electron chi connectivity index (χ3n) is 9.63. The van der Waals surface area contributed by atoms with E-state index in [1.165, 1.54) is 20.9 Å². The normalized spacial score (nSPS) is 23.2. The van der Waals surface area contributed by atoms with Gasteiger partial charge in [-0.15, -0.1) is 0 Å². The van der Waals surface area contributed by atoms with Gasteiger partial charge in [0.15, 0.2) is 6.61 Å². The summed E-state index contributed by atoms with van der Waals surface area (Å²) < 4.78 is 33.8. The number of carbonyl (C=O) groups is 5. The quantitative estimate of drug-likeness (QED) is 0.379. The molecule has 1 spiro atoms. The molecule has 2 aromatic carbocycles. The van der Waals surface area contributed by atoms with Gasteiger partial charge in [0, 0.05) is 32.2 Å². The Kier molecular flexibility index (Phi) is 12.5. The van der Waals surface area contributed by atoms with Gasteiger partial charge in [0.25, 0.3) is 5.91 Å². The number of benzene rings is 2.